The summed E-state index contributed by atoms with van der Waals surface area (Å²) in [7, 11) is 1.59. The molecule has 3 aromatic carbocycles. The lowest BCUT2D eigenvalue weighted by molar-refractivity contribution is -0.192. The van der Waals surface area contributed by atoms with E-state index in [0.29, 0.717) is 23.8 Å². The molecule has 0 spiro atoms. The molecule has 5 rings (SSSR count). The molecule has 4 atom stereocenters. The molecule has 234 valence electrons. The Labute approximate surface area is 251 Å². The van der Waals surface area contributed by atoms with Crippen LogP contribution in [-0.2, 0) is 14.4 Å². The van der Waals surface area contributed by atoms with Crippen LogP contribution in [-0.4, -0.2) is 66.1 Å². The van der Waals surface area contributed by atoms with Gasteiger partial charge in [0.05, 0.1) is 25.6 Å². The molecule has 0 radical (unpaired) electrons. The molecule has 2 aliphatic heterocycles. The Kier molecular flexibility index (Phi) is 9.99. The second kappa shape index (κ2) is 13.7. The summed E-state index contributed by atoms with van der Waals surface area (Å²) in [4.78, 5) is 36.7. The Balaban J connectivity index is 0.000000566. The van der Waals surface area contributed by atoms with E-state index >= 15 is 0 Å². The van der Waals surface area contributed by atoms with Gasteiger partial charge in [-0.05, 0) is 47.9 Å². The van der Waals surface area contributed by atoms with E-state index in [-0.39, 0.29) is 31.2 Å². The predicted molar refractivity (Wildman–Crippen MR) is 150 cm³/mol. The number of aliphatic carboxylic acids is 2. The van der Waals surface area contributed by atoms with Gasteiger partial charge in [0.2, 0.25) is 12.7 Å². The average Bonchev–Trinajstić information content (AvgIpc) is 3.62. The number of carbonyl (C=O) groups is 3. The number of alkyl halides is 3. The number of amides is 1. The first-order valence-corrected chi connectivity index (χ1v) is 13.5. The van der Waals surface area contributed by atoms with Gasteiger partial charge in [-0.2, -0.15) is 13.2 Å². The highest BCUT2D eigenvalue weighted by molar-refractivity contribution is 5.79. The summed E-state index contributed by atoms with van der Waals surface area (Å²) in [6, 6.07) is 22.0. The van der Waals surface area contributed by atoms with Crippen LogP contribution in [0.25, 0.3) is 0 Å². The van der Waals surface area contributed by atoms with Crippen molar-refractivity contribution in [2.45, 2.75) is 31.1 Å². The average molecular weight is 617 g/mol. The summed E-state index contributed by atoms with van der Waals surface area (Å²) in [5.74, 6) is -3.02. The highest BCUT2D eigenvalue weighted by atomic mass is 19.4. The van der Waals surface area contributed by atoms with E-state index in [1.807, 2.05) is 84.6 Å². The van der Waals surface area contributed by atoms with Crippen LogP contribution >= 0.6 is 0 Å². The van der Waals surface area contributed by atoms with E-state index in [1.54, 1.807) is 7.11 Å². The minimum atomic E-state index is -5.08. The Morgan fingerprint density at radius 3 is 2.18 bits per heavy atom. The molecule has 3 N–H and O–H groups in total. The van der Waals surface area contributed by atoms with Gasteiger partial charge >= 0.3 is 18.1 Å². The first-order chi connectivity index (χ1) is 20.9. The lowest BCUT2D eigenvalue weighted by Crippen LogP contribution is -2.39. The van der Waals surface area contributed by atoms with Crippen LogP contribution in [0.2, 0.25) is 0 Å². The molecule has 2 aliphatic rings. The van der Waals surface area contributed by atoms with Crippen molar-refractivity contribution in [1.82, 2.24) is 10.2 Å². The van der Waals surface area contributed by atoms with Crippen molar-refractivity contribution in [3.8, 4) is 17.2 Å². The second-order valence-electron chi connectivity index (χ2n) is 10.2. The van der Waals surface area contributed by atoms with Gasteiger partial charge in [0.1, 0.15) is 5.75 Å². The molecule has 3 aromatic rings. The van der Waals surface area contributed by atoms with Crippen LogP contribution in [0.15, 0.2) is 72.8 Å². The van der Waals surface area contributed by atoms with E-state index in [0.717, 1.165) is 16.7 Å². The maximum absolute atomic E-state index is 13.2. The lowest BCUT2D eigenvalue weighted by Gasteiger charge is -2.27. The molecule has 10 nitrogen and oxygen atoms in total. The molecule has 2 heterocycles. The van der Waals surface area contributed by atoms with Crippen LogP contribution in [0.3, 0.4) is 0 Å². The molecule has 1 amide bonds. The number of hydrogen-bond donors (Lipinski definition) is 3. The number of halogens is 3. The van der Waals surface area contributed by atoms with Gasteiger partial charge in [-0.1, -0.05) is 48.5 Å². The molecule has 1 unspecified atom stereocenters. The number of carbonyl (C=O) groups excluding carboxylic acids is 1. The van der Waals surface area contributed by atoms with Gasteiger partial charge in [-0.15, -0.1) is 0 Å². The number of carboxylic acids is 2. The number of ether oxygens (including phenoxy) is 3. The summed E-state index contributed by atoms with van der Waals surface area (Å²) < 4.78 is 48.0. The van der Waals surface area contributed by atoms with Crippen molar-refractivity contribution in [3.05, 3.63) is 89.5 Å². The van der Waals surface area contributed by atoms with Crippen molar-refractivity contribution in [1.29, 1.82) is 0 Å². The van der Waals surface area contributed by atoms with Crippen LogP contribution in [0, 0.1) is 5.92 Å². The number of nitrogens with one attached hydrogen (secondary N) is 1. The fourth-order valence-electron chi connectivity index (χ4n) is 5.37. The number of benzene rings is 3. The first kappa shape index (κ1) is 32.1. The third kappa shape index (κ3) is 7.59. The van der Waals surface area contributed by atoms with Gasteiger partial charge < -0.3 is 29.7 Å². The smallest absolute Gasteiger partial charge is 0.490 e. The monoisotopic (exact) mass is 616 g/mol. The Hall–Kier alpha value is -4.78. The molecular formula is C31H31F3N2O8. The zero-order chi connectivity index (χ0) is 32.0. The molecule has 1 saturated heterocycles. The molecular weight excluding hydrogens is 585 g/mol. The van der Waals surface area contributed by atoms with Crippen molar-refractivity contribution in [2.24, 2.45) is 5.92 Å². The fraction of sp³-hybridized carbons (Fsp3) is 0.323. The number of methoxy groups -OCH3 is 1. The summed E-state index contributed by atoms with van der Waals surface area (Å²) in [5, 5.41) is 20.6. The van der Waals surface area contributed by atoms with Gasteiger partial charge in [-0.3, -0.25) is 14.5 Å². The Bertz CT molecular complexity index is 1470. The third-order valence-electron chi connectivity index (χ3n) is 7.43. The highest BCUT2D eigenvalue weighted by Crippen LogP contribution is 2.47. The maximum atomic E-state index is 13.2. The Morgan fingerprint density at radius 2 is 1.59 bits per heavy atom. The van der Waals surface area contributed by atoms with E-state index in [2.05, 4.69) is 5.32 Å². The number of rotatable bonds is 8. The number of fused-ring (bicyclic) bond motifs is 1. The molecule has 0 bridgehead atoms. The SMILES string of the molecule is COc1ccc([C@H]2[C@H](C(=O)O)[C@@H](c3ccc4c(c3)OCO4)CN2CC(=O)NC(C)c2ccccc2)cc1.O=C(O)C(F)(F)F. The maximum Gasteiger partial charge on any atom is 0.490 e. The zero-order valence-corrected chi connectivity index (χ0v) is 23.8. The van der Waals surface area contributed by atoms with Crippen molar-refractivity contribution < 1.29 is 52.0 Å². The second-order valence-corrected chi connectivity index (χ2v) is 10.2. The van der Waals surface area contributed by atoms with Gasteiger partial charge in [0, 0.05) is 18.5 Å². The Morgan fingerprint density at radius 1 is 0.977 bits per heavy atom. The van der Waals surface area contributed by atoms with Crippen molar-refractivity contribution in [3.63, 3.8) is 0 Å². The highest BCUT2D eigenvalue weighted by Gasteiger charge is 2.48. The van der Waals surface area contributed by atoms with Gasteiger partial charge in [0.15, 0.2) is 11.5 Å². The normalized spacial score (nSPS) is 19.8. The first-order valence-electron chi connectivity index (χ1n) is 13.5. The predicted octanol–water partition coefficient (Wildman–Crippen LogP) is 4.78. The lowest BCUT2D eigenvalue weighted by atomic mass is 9.82. The molecule has 0 aliphatic carbocycles. The van der Waals surface area contributed by atoms with Gasteiger partial charge in [-0.25, -0.2) is 4.79 Å². The van der Waals surface area contributed by atoms with E-state index in [9.17, 15) is 27.9 Å². The summed E-state index contributed by atoms with van der Waals surface area (Å²) in [6.07, 6.45) is -5.08. The minimum Gasteiger partial charge on any atom is -0.497 e. The standard InChI is InChI=1S/C29H30N2O6.C2HF3O2/c1-18(19-6-4-3-5-7-19)30-26(32)16-31-15-23(21-10-13-24-25(14-21)37-17-36-24)27(29(33)34)28(31)20-8-11-22(35-2)12-9-20;3-2(4,5)1(6)7/h3-14,18,23,27-28H,15-17H2,1-2H3,(H,30,32)(H,33,34);(H,6,7)/t18?,23-,27-,28+;/m1./s1. The topological polar surface area (TPSA) is 135 Å². The van der Waals surface area contributed by atoms with Crippen LogP contribution < -0.4 is 19.5 Å². The fourth-order valence-corrected chi connectivity index (χ4v) is 5.37. The van der Waals surface area contributed by atoms with E-state index < -0.39 is 30.1 Å². The molecule has 1 fully saturated rings. The summed E-state index contributed by atoms with van der Waals surface area (Å²) in [6.45, 7) is 2.55. The largest absolute Gasteiger partial charge is 0.497 e. The number of likely N-dealkylation sites (tertiary alicyclic amines) is 1. The minimum absolute atomic E-state index is 0.0682. The van der Waals surface area contributed by atoms with Gasteiger partial charge in [0.25, 0.3) is 0 Å². The van der Waals surface area contributed by atoms with Crippen molar-refractivity contribution >= 4 is 17.8 Å². The molecule has 0 saturated carbocycles. The van der Waals surface area contributed by atoms with E-state index in [4.69, 9.17) is 24.1 Å². The molecule has 44 heavy (non-hydrogen) atoms. The van der Waals surface area contributed by atoms with E-state index in [1.165, 1.54) is 0 Å². The molecule has 0 aromatic heterocycles. The van der Waals surface area contributed by atoms with Crippen LogP contribution in [0.5, 0.6) is 17.2 Å². The zero-order valence-electron chi connectivity index (χ0n) is 23.8. The number of hydrogen-bond acceptors (Lipinski definition) is 7. The van der Waals surface area contributed by atoms with Crippen LogP contribution in [0.4, 0.5) is 13.2 Å². The van der Waals surface area contributed by atoms with Crippen LogP contribution in [0.1, 0.15) is 41.6 Å². The van der Waals surface area contributed by atoms with Crippen molar-refractivity contribution in [2.75, 3.05) is 27.0 Å². The summed E-state index contributed by atoms with van der Waals surface area (Å²) in [5.41, 5.74) is 2.67. The third-order valence-corrected chi connectivity index (χ3v) is 7.43. The summed E-state index contributed by atoms with van der Waals surface area (Å²) >= 11 is 0. The number of nitrogens with zero attached hydrogens (tertiary/aromatic N) is 1. The quantitative estimate of drug-likeness (QED) is 0.327. The molecule has 13 heteroatoms. The number of carboxylic acid groups (broad SMARTS) is 2.